The minimum absolute atomic E-state index is 0.118. The molecule has 2 aromatic rings. The summed E-state index contributed by atoms with van der Waals surface area (Å²) in [4.78, 5) is 63.8. The van der Waals surface area contributed by atoms with Gasteiger partial charge in [0, 0.05) is 13.3 Å². The van der Waals surface area contributed by atoms with Gasteiger partial charge < -0.3 is 20.1 Å². The van der Waals surface area contributed by atoms with Crippen LogP contribution in [0.2, 0.25) is 0 Å². The van der Waals surface area contributed by atoms with Crippen LogP contribution in [0.4, 0.5) is 0 Å². The van der Waals surface area contributed by atoms with Crippen LogP contribution in [-0.4, -0.2) is 52.3 Å². The fourth-order valence-electron chi connectivity index (χ4n) is 4.77. The predicted octanol–water partition coefficient (Wildman–Crippen LogP) is 4.23. The van der Waals surface area contributed by atoms with E-state index in [4.69, 9.17) is 9.47 Å². The van der Waals surface area contributed by atoms with Gasteiger partial charge in [0.1, 0.15) is 17.3 Å². The van der Waals surface area contributed by atoms with E-state index >= 15 is 0 Å². The number of carbonyl (C=O) groups is 5. The highest BCUT2D eigenvalue weighted by molar-refractivity contribution is 8.14. The number of carbonyl (C=O) groups excluding carboxylic acids is 5. The topological polar surface area (TPSA) is 128 Å². The first-order valence-electron chi connectivity index (χ1n) is 13.9. The number of hydrogen-bond donors (Lipinski definition) is 2. The van der Waals surface area contributed by atoms with E-state index in [1.165, 1.54) is 6.92 Å². The van der Waals surface area contributed by atoms with Crippen LogP contribution in [-0.2, 0) is 30.3 Å². The molecule has 1 saturated carbocycles. The zero-order chi connectivity index (χ0) is 30.0. The van der Waals surface area contributed by atoms with Crippen LogP contribution in [0.15, 0.2) is 54.6 Å². The number of ether oxygens (including phenoxy) is 2. The van der Waals surface area contributed by atoms with Crippen molar-refractivity contribution >= 4 is 40.6 Å². The monoisotopic (exact) mass is 582 g/mol. The Kier molecular flexibility index (Phi) is 11.5. The molecule has 0 aliphatic heterocycles. The molecule has 1 aliphatic rings. The molecule has 0 bridgehead atoms. The average Bonchev–Trinajstić information content (AvgIpc) is 3.42. The van der Waals surface area contributed by atoms with Gasteiger partial charge in [0.2, 0.25) is 11.8 Å². The van der Waals surface area contributed by atoms with Crippen LogP contribution in [0, 0.1) is 5.92 Å². The maximum absolute atomic E-state index is 13.7. The highest BCUT2D eigenvalue weighted by Gasteiger charge is 2.45. The van der Waals surface area contributed by atoms with Gasteiger partial charge in [-0.1, -0.05) is 68.8 Å². The Bertz CT molecular complexity index is 1220. The first kappa shape index (κ1) is 31.9. The minimum atomic E-state index is -1.18. The molecule has 0 aromatic heterocycles. The Balaban J connectivity index is 1.73. The van der Waals surface area contributed by atoms with Crippen molar-refractivity contribution in [1.82, 2.24) is 10.6 Å². The summed E-state index contributed by atoms with van der Waals surface area (Å²) < 4.78 is 10.7. The second-order valence-corrected chi connectivity index (χ2v) is 11.8. The van der Waals surface area contributed by atoms with Crippen molar-refractivity contribution in [2.24, 2.45) is 5.92 Å². The van der Waals surface area contributed by atoms with Crippen molar-refractivity contribution in [1.29, 1.82) is 0 Å². The Morgan fingerprint density at radius 1 is 0.951 bits per heavy atom. The highest BCUT2D eigenvalue weighted by atomic mass is 32.2. The van der Waals surface area contributed by atoms with Gasteiger partial charge in [-0.05, 0) is 55.5 Å². The smallest absolute Gasteiger partial charge is 0.343 e. The third-order valence-electron chi connectivity index (χ3n) is 6.87. The largest absolute Gasteiger partial charge is 0.464 e. The van der Waals surface area contributed by atoms with Crippen molar-refractivity contribution in [3.8, 4) is 5.75 Å². The number of esters is 2. The Morgan fingerprint density at radius 2 is 1.59 bits per heavy atom. The van der Waals surface area contributed by atoms with Gasteiger partial charge in [0.05, 0.1) is 17.4 Å². The molecular formula is C31H38N2O7S. The molecule has 220 valence electrons. The van der Waals surface area contributed by atoms with Gasteiger partial charge in [-0.3, -0.25) is 14.4 Å². The molecule has 0 radical (unpaired) electrons. The maximum atomic E-state index is 13.7. The second-order valence-electron chi connectivity index (χ2n) is 10.4. The molecule has 41 heavy (non-hydrogen) atoms. The molecule has 2 atom stereocenters. The number of thioether (sulfide) groups is 1. The molecular weight excluding hydrogens is 544 g/mol. The van der Waals surface area contributed by atoms with Crippen molar-refractivity contribution in [2.45, 2.75) is 76.6 Å². The number of hydrogen-bond acceptors (Lipinski definition) is 8. The molecule has 0 heterocycles. The van der Waals surface area contributed by atoms with Crippen LogP contribution >= 0.6 is 11.8 Å². The van der Waals surface area contributed by atoms with E-state index in [1.54, 1.807) is 55.5 Å². The van der Waals surface area contributed by atoms with E-state index in [2.05, 4.69) is 10.6 Å². The van der Waals surface area contributed by atoms with Gasteiger partial charge >= 0.3 is 11.9 Å². The summed E-state index contributed by atoms with van der Waals surface area (Å²) in [6.07, 6.45) is 2.48. The van der Waals surface area contributed by atoms with Crippen molar-refractivity contribution in [2.75, 3.05) is 6.61 Å². The summed E-state index contributed by atoms with van der Waals surface area (Å²) in [6, 6.07) is 14.3. The summed E-state index contributed by atoms with van der Waals surface area (Å²) in [7, 11) is 0. The summed E-state index contributed by atoms with van der Waals surface area (Å²) in [5.74, 6) is -1.68. The van der Waals surface area contributed by atoms with Crippen LogP contribution in [0.1, 0.15) is 69.3 Å². The fraction of sp³-hybridized carbons (Fsp3) is 0.452. The first-order chi connectivity index (χ1) is 19.5. The number of rotatable bonds is 12. The maximum Gasteiger partial charge on any atom is 0.343 e. The third kappa shape index (κ3) is 8.91. The molecule has 1 aliphatic carbocycles. The van der Waals surface area contributed by atoms with Gasteiger partial charge in [-0.15, -0.1) is 0 Å². The zero-order valence-electron chi connectivity index (χ0n) is 23.9. The van der Waals surface area contributed by atoms with Crippen LogP contribution in [0.5, 0.6) is 5.75 Å². The van der Waals surface area contributed by atoms with Gasteiger partial charge in [-0.2, -0.15) is 0 Å². The van der Waals surface area contributed by atoms with E-state index < -0.39 is 34.7 Å². The fourth-order valence-corrected chi connectivity index (χ4v) is 5.56. The predicted molar refractivity (Wildman–Crippen MR) is 156 cm³/mol. The average molecular weight is 583 g/mol. The Hall–Kier alpha value is -3.66. The summed E-state index contributed by atoms with van der Waals surface area (Å²) in [5, 5.41) is 4.96. The minimum Gasteiger partial charge on any atom is -0.464 e. The molecule has 2 N–H and O–H groups in total. The third-order valence-corrected chi connectivity index (χ3v) is 8.21. The Morgan fingerprint density at radius 3 is 2.15 bits per heavy atom. The molecule has 10 heteroatoms. The molecule has 9 nitrogen and oxygen atoms in total. The summed E-state index contributed by atoms with van der Waals surface area (Å²) in [6.45, 7) is 6.94. The van der Waals surface area contributed by atoms with E-state index in [-0.39, 0.29) is 30.0 Å². The number of amides is 2. The van der Waals surface area contributed by atoms with E-state index in [0.717, 1.165) is 24.6 Å². The first-order valence-corrected chi connectivity index (χ1v) is 14.8. The van der Waals surface area contributed by atoms with Crippen molar-refractivity contribution in [3.63, 3.8) is 0 Å². The van der Waals surface area contributed by atoms with Gasteiger partial charge in [0.25, 0.3) is 0 Å². The normalized spacial score (nSPS) is 15.4. The van der Waals surface area contributed by atoms with Gasteiger partial charge in [0.15, 0.2) is 5.12 Å². The van der Waals surface area contributed by atoms with Crippen molar-refractivity contribution in [3.05, 3.63) is 65.7 Å². The van der Waals surface area contributed by atoms with Crippen molar-refractivity contribution < 1.29 is 33.4 Å². The van der Waals surface area contributed by atoms with E-state index in [9.17, 15) is 24.0 Å². The van der Waals surface area contributed by atoms with Crippen LogP contribution < -0.4 is 15.4 Å². The molecule has 2 aromatic carbocycles. The standard InChI is InChI=1S/C31H38N2O7S/c1-5-39-29(37)25(19-22-13-15-24(16-14-22)40-28(36)23-11-7-6-8-12-23)32-30(38)31(17-9-10-18-31)33-27(35)26(20(2)3)41-21(4)34/h6-8,11-16,20,25-26H,5,9-10,17-19H2,1-4H3,(H,32,38)(H,33,35)/t25-,26-/m0/s1. The summed E-state index contributed by atoms with van der Waals surface area (Å²) in [5.41, 5.74) is -0.0405. The van der Waals surface area contributed by atoms with E-state index in [0.29, 0.717) is 29.7 Å². The van der Waals surface area contributed by atoms with Crippen LogP contribution in [0.25, 0.3) is 0 Å². The molecule has 2 amide bonds. The second kappa shape index (κ2) is 14.8. The van der Waals surface area contributed by atoms with E-state index in [1.807, 2.05) is 19.9 Å². The highest BCUT2D eigenvalue weighted by Crippen LogP contribution is 2.32. The zero-order valence-corrected chi connectivity index (χ0v) is 24.8. The number of benzene rings is 2. The molecule has 0 spiro atoms. The summed E-state index contributed by atoms with van der Waals surface area (Å²) >= 11 is 0.952. The molecule has 0 unspecified atom stereocenters. The molecule has 0 saturated heterocycles. The lowest BCUT2D eigenvalue weighted by molar-refractivity contribution is -0.148. The quantitative estimate of drug-likeness (QED) is 0.281. The lowest BCUT2D eigenvalue weighted by Crippen LogP contribution is -2.61. The lowest BCUT2D eigenvalue weighted by atomic mass is 9.94. The lowest BCUT2D eigenvalue weighted by Gasteiger charge is -2.33. The van der Waals surface area contributed by atoms with Crippen LogP contribution in [0.3, 0.4) is 0 Å². The molecule has 3 rings (SSSR count). The Labute approximate surface area is 245 Å². The SMILES string of the molecule is CCOC(=O)[C@H](Cc1ccc(OC(=O)c2ccccc2)cc1)NC(=O)C1(NC(=O)[C@@H](SC(C)=O)C(C)C)CCCC1. The van der Waals surface area contributed by atoms with Gasteiger partial charge in [-0.25, -0.2) is 9.59 Å². The number of nitrogens with one attached hydrogen (secondary N) is 2. The molecule has 1 fully saturated rings.